The van der Waals surface area contributed by atoms with Gasteiger partial charge in [-0.1, -0.05) is 0 Å². The van der Waals surface area contributed by atoms with E-state index in [2.05, 4.69) is 15.9 Å². The molecule has 1 aromatic carbocycles. The van der Waals surface area contributed by atoms with Gasteiger partial charge in [-0.25, -0.2) is 4.39 Å². The van der Waals surface area contributed by atoms with Crippen LogP contribution in [0, 0.1) is 5.82 Å². The Kier molecular flexibility index (Phi) is 3.95. The molecular weight excluding hydrogens is 251 g/mol. The zero-order chi connectivity index (χ0) is 10.6. The van der Waals surface area contributed by atoms with Crippen LogP contribution in [-0.4, -0.2) is 14.2 Å². The molecule has 0 saturated carbocycles. The fourth-order valence-corrected chi connectivity index (χ4v) is 1.63. The first-order valence-corrected chi connectivity index (χ1v) is 4.70. The van der Waals surface area contributed by atoms with Gasteiger partial charge in [0.25, 0.3) is 0 Å². The highest BCUT2D eigenvalue weighted by molar-refractivity contribution is 9.10. The van der Waals surface area contributed by atoms with Crippen molar-refractivity contribution in [1.29, 1.82) is 0 Å². The van der Waals surface area contributed by atoms with Crippen molar-refractivity contribution in [2.24, 2.45) is 0 Å². The van der Waals surface area contributed by atoms with Crippen molar-refractivity contribution in [2.75, 3.05) is 14.2 Å². The molecule has 0 unspecified atom stereocenters. The Bertz CT molecular complexity index is 327. The molecule has 76 valence electrons. The summed E-state index contributed by atoms with van der Waals surface area (Å²) in [5, 5.41) is 0. The summed E-state index contributed by atoms with van der Waals surface area (Å²) in [6.07, 6.45) is 3.14. The molecule has 0 aromatic heterocycles. The number of rotatable bonds is 3. The minimum absolute atomic E-state index is 0.208. The molecule has 0 bridgehead atoms. The Balaban J connectivity index is 3.07. The van der Waals surface area contributed by atoms with Crippen LogP contribution in [0.3, 0.4) is 0 Å². The van der Waals surface area contributed by atoms with E-state index in [1.807, 2.05) is 0 Å². The average molecular weight is 261 g/mol. The summed E-state index contributed by atoms with van der Waals surface area (Å²) >= 11 is 3.21. The van der Waals surface area contributed by atoms with Crippen LogP contribution >= 0.6 is 15.9 Å². The minimum Gasteiger partial charge on any atom is -0.504 e. The molecule has 0 aliphatic rings. The van der Waals surface area contributed by atoms with Crippen molar-refractivity contribution in [2.45, 2.75) is 0 Å². The maximum absolute atomic E-state index is 13.3. The second-order valence-electron chi connectivity index (χ2n) is 2.56. The van der Waals surface area contributed by atoms with Gasteiger partial charge < -0.3 is 9.47 Å². The molecule has 1 aromatic rings. The summed E-state index contributed by atoms with van der Waals surface area (Å²) in [6, 6.07) is 3.12. The highest BCUT2D eigenvalue weighted by atomic mass is 79.9. The Morgan fingerprint density at radius 2 is 2.07 bits per heavy atom. The molecule has 0 aliphatic carbocycles. The van der Waals surface area contributed by atoms with Gasteiger partial charge in [0, 0.05) is 0 Å². The van der Waals surface area contributed by atoms with E-state index in [9.17, 15) is 4.39 Å². The van der Waals surface area contributed by atoms with Crippen LogP contribution in [0.1, 0.15) is 5.56 Å². The van der Waals surface area contributed by atoms with Gasteiger partial charge in [-0.05, 0) is 39.7 Å². The number of hydrogen-bond donors (Lipinski definition) is 0. The Labute approximate surface area is 90.5 Å². The van der Waals surface area contributed by atoms with Gasteiger partial charge in [-0.15, -0.1) is 0 Å². The zero-order valence-electron chi connectivity index (χ0n) is 7.88. The number of ether oxygens (including phenoxy) is 2. The summed E-state index contributed by atoms with van der Waals surface area (Å²) in [7, 11) is 2.96. The molecule has 0 saturated heterocycles. The molecule has 14 heavy (non-hydrogen) atoms. The summed E-state index contributed by atoms with van der Waals surface area (Å²) in [5.41, 5.74) is 0.706. The summed E-state index contributed by atoms with van der Waals surface area (Å²) < 4.78 is 23.5. The van der Waals surface area contributed by atoms with Crippen LogP contribution in [0.4, 0.5) is 4.39 Å². The first-order valence-electron chi connectivity index (χ1n) is 3.91. The molecule has 1 rings (SSSR count). The van der Waals surface area contributed by atoms with Crippen LogP contribution in [0.5, 0.6) is 5.75 Å². The second-order valence-corrected chi connectivity index (χ2v) is 3.41. The van der Waals surface area contributed by atoms with E-state index in [1.54, 1.807) is 12.1 Å². The Morgan fingerprint density at radius 3 is 2.57 bits per heavy atom. The average Bonchev–Trinajstić information content (AvgIpc) is 2.14. The van der Waals surface area contributed by atoms with Crippen molar-refractivity contribution in [3.63, 3.8) is 0 Å². The first-order chi connectivity index (χ1) is 6.69. The molecular formula is C10H10BrFO2. The number of methoxy groups -OCH3 is 2. The molecule has 0 N–H and O–H groups in total. The van der Waals surface area contributed by atoms with Crippen molar-refractivity contribution in [3.8, 4) is 5.75 Å². The van der Waals surface area contributed by atoms with E-state index in [4.69, 9.17) is 9.47 Å². The van der Waals surface area contributed by atoms with Crippen LogP contribution in [0.25, 0.3) is 6.08 Å². The van der Waals surface area contributed by atoms with Crippen LogP contribution in [-0.2, 0) is 4.74 Å². The van der Waals surface area contributed by atoms with Crippen molar-refractivity contribution >= 4 is 22.0 Å². The third-order valence-electron chi connectivity index (χ3n) is 1.62. The van der Waals surface area contributed by atoms with Gasteiger partial charge in [0.2, 0.25) is 0 Å². The third-order valence-corrected chi connectivity index (χ3v) is 2.21. The molecule has 2 nitrogen and oxygen atoms in total. The maximum Gasteiger partial charge on any atom is 0.168 e. The molecule has 0 amide bonds. The zero-order valence-corrected chi connectivity index (χ0v) is 9.47. The molecule has 4 heteroatoms. The lowest BCUT2D eigenvalue weighted by atomic mass is 10.2. The number of halogens is 2. The predicted octanol–water partition coefficient (Wildman–Crippen LogP) is 3.21. The van der Waals surface area contributed by atoms with E-state index in [-0.39, 0.29) is 5.75 Å². The monoisotopic (exact) mass is 260 g/mol. The van der Waals surface area contributed by atoms with E-state index < -0.39 is 5.82 Å². The van der Waals surface area contributed by atoms with Crippen LogP contribution < -0.4 is 4.74 Å². The maximum atomic E-state index is 13.3. The van der Waals surface area contributed by atoms with Gasteiger partial charge >= 0.3 is 0 Å². The second kappa shape index (κ2) is 5.00. The highest BCUT2D eigenvalue weighted by Gasteiger charge is 2.07. The first kappa shape index (κ1) is 11.0. The number of benzene rings is 1. The summed E-state index contributed by atoms with van der Waals surface area (Å²) in [4.78, 5) is 0. The minimum atomic E-state index is -0.405. The quantitative estimate of drug-likeness (QED) is 0.778. The fraction of sp³-hybridized carbons (Fsp3) is 0.200. The normalized spacial score (nSPS) is 10.6. The lowest BCUT2D eigenvalue weighted by Gasteiger charge is -2.05. The third kappa shape index (κ3) is 2.48. The van der Waals surface area contributed by atoms with E-state index in [0.717, 1.165) is 0 Å². The summed E-state index contributed by atoms with van der Waals surface area (Å²) in [6.45, 7) is 0. The van der Waals surface area contributed by atoms with Crippen LogP contribution in [0.15, 0.2) is 22.9 Å². The molecule has 0 radical (unpaired) electrons. The predicted molar refractivity (Wildman–Crippen MR) is 56.7 cm³/mol. The topological polar surface area (TPSA) is 18.5 Å². The van der Waals surface area contributed by atoms with E-state index >= 15 is 0 Å². The Morgan fingerprint density at radius 1 is 1.36 bits per heavy atom. The highest BCUT2D eigenvalue weighted by Crippen LogP contribution is 2.29. The van der Waals surface area contributed by atoms with E-state index in [1.165, 1.54) is 26.5 Å². The van der Waals surface area contributed by atoms with Gasteiger partial charge in [0.05, 0.1) is 25.0 Å². The molecule has 0 spiro atoms. The summed E-state index contributed by atoms with van der Waals surface area (Å²) in [5.74, 6) is -0.197. The molecule has 0 atom stereocenters. The van der Waals surface area contributed by atoms with Crippen molar-refractivity contribution in [1.82, 2.24) is 0 Å². The van der Waals surface area contributed by atoms with Gasteiger partial charge in [-0.2, -0.15) is 0 Å². The largest absolute Gasteiger partial charge is 0.504 e. The number of hydrogen-bond acceptors (Lipinski definition) is 2. The SMILES string of the molecule is CO/C=C/c1cc(F)c(OC)c(Br)c1. The smallest absolute Gasteiger partial charge is 0.168 e. The fourth-order valence-electron chi connectivity index (χ4n) is 1.02. The van der Waals surface area contributed by atoms with E-state index in [0.29, 0.717) is 10.0 Å². The van der Waals surface area contributed by atoms with Crippen molar-refractivity contribution < 1.29 is 13.9 Å². The van der Waals surface area contributed by atoms with Gasteiger partial charge in [0.1, 0.15) is 0 Å². The lowest BCUT2D eigenvalue weighted by molar-refractivity contribution is 0.341. The lowest BCUT2D eigenvalue weighted by Crippen LogP contribution is -1.90. The van der Waals surface area contributed by atoms with Crippen molar-refractivity contribution in [3.05, 3.63) is 34.2 Å². The molecule has 0 aliphatic heterocycles. The van der Waals surface area contributed by atoms with Crippen LogP contribution in [0.2, 0.25) is 0 Å². The van der Waals surface area contributed by atoms with Gasteiger partial charge in [0.15, 0.2) is 11.6 Å². The van der Waals surface area contributed by atoms with Gasteiger partial charge in [-0.3, -0.25) is 0 Å². The standard InChI is InChI=1S/C10H10BrFO2/c1-13-4-3-7-5-8(11)10(14-2)9(12)6-7/h3-6H,1-2H3/b4-3+. The molecule has 0 heterocycles. The Hall–Kier alpha value is -1.03. The molecule has 0 fully saturated rings.